The van der Waals surface area contributed by atoms with Crippen LogP contribution < -0.4 is 0 Å². The van der Waals surface area contributed by atoms with Crippen LogP contribution in [0.1, 0.15) is 65.2 Å². The SMILES string of the molecule is C/C=C/CCCCC[N+](C)([O-])CCCCC/C=C/C. The molecule has 0 aliphatic heterocycles. The minimum absolute atomic E-state index is 0.0484. The molecule has 0 saturated heterocycles. The van der Waals surface area contributed by atoms with Gasteiger partial charge in [0, 0.05) is 0 Å². The van der Waals surface area contributed by atoms with Crippen LogP contribution in [0.4, 0.5) is 0 Å². The van der Waals surface area contributed by atoms with E-state index in [0.29, 0.717) is 0 Å². The zero-order valence-electron chi connectivity index (χ0n) is 13.2. The highest BCUT2D eigenvalue weighted by molar-refractivity contribution is 4.76. The molecule has 0 rings (SSSR count). The fourth-order valence-corrected chi connectivity index (χ4v) is 2.22. The van der Waals surface area contributed by atoms with Crippen LogP contribution in [0.3, 0.4) is 0 Å². The minimum atomic E-state index is -0.0484. The topological polar surface area (TPSA) is 23.1 Å². The van der Waals surface area contributed by atoms with Gasteiger partial charge in [-0.05, 0) is 65.2 Å². The Labute approximate surface area is 120 Å². The molecule has 0 aromatic heterocycles. The molecule has 0 aromatic carbocycles. The van der Waals surface area contributed by atoms with Crippen molar-refractivity contribution >= 4 is 0 Å². The first-order valence-electron chi connectivity index (χ1n) is 7.90. The highest BCUT2D eigenvalue weighted by Gasteiger charge is 2.08. The third-order valence-corrected chi connectivity index (χ3v) is 3.48. The Bertz CT molecular complexity index is 220. The first-order chi connectivity index (χ1) is 9.12. The summed E-state index contributed by atoms with van der Waals surface area (Å²) in [5, 5.41) is 12.2. The van der Waals surface area contributed by atoms with Gasteiger partial charge in [0.05, 0.1) is 20.1 Å². The van der Waals surface area contributed by atoms with E-state index in [2.05, 4.69) is 38.2 Å². The Balaban J connectivity index is 3.46. The molecule has 0 unspecified atom stereocenters. The van der Waals surface area contributed by atoms with E-state index >= 15 is 0 Å². The summed E-state index contributed by atoms with van der Waals surface area (Å²) < 4.78 is -0.0484. The van der Waals surface area contributed by atoms with Gasteiger partial charge in [0.15, 0.2) is 0 Å². The van der Waals surface area contributed by atoms with Gasteiger partial charge in [0.25, 0.3) is 0 Å². The summed E-state index contributed by atoms with van der Waals surface area (Å²) in [4.78, 5) is 0. The summed E-state index contributed by atoms with van der Waals surface area (Å²) in [5.41, 5.74) is 0. The third kappa shape index (κ3) is 13.6. The lowest BCUT2D eigenvalue weighted by atomic mass is 10.1. The van der Waals surface area contributed by atoms with Crippen LogP contribution in [0.15, 0.2) is 24.3 Å². The lowest BCUT2D eigenvalue weighted by Crippen LogP contribution is -2.39. The molecule has 19 heavy (non-hydrogen) atoms. The molecule has 0 bridgehead atoms. The Morgan fingerprint density at radius 1 is 0.737 bits per heavy atom. The molecular weight excluding hydrogens is 234 g/mol. The average molecular weight is 267 g/mol. The van der Waals surface area contributed by atoms with E-state index in [1.165, 1.54) is 25.7 Å². The standard InChI is InChI=1S/C17H33NO/c1-4-6-8-10-12-14-16-18(3,19)17-15-13-11-9-7-5-2/h4-7H,8-17H2,1-3H3/b6-4+,7-5+. The maximum atomic E-state index is 12.2. The van der Waals surface area contributed by atoms with E-state index in [1.54, 1.807) is 0 Å². The van der Waals surface area contributed by atoms with E-state index < -0.39 is 0 Å². The second kappa shape index (κ2) is 12.4. The molecule has 0 saturated carbocycles. The Morgan fingerprint density at radius 2 is 1.16 bits per heavy atom. The normalized spacial score (nSPS) is 12.8. The van der Waals surface area contributed by atoms with Crippen molar-refractivity contribution in [3.8, 4) is 0 Å². The van der Waals surface area contributed by atoms with E-state index in [-0.39, 0.29) is 4.65 Å². The van der Waals surface area contributed by atoms with Gasteiger partial charge in [-0.15, -0.1) is 0 Å². The molecule has 112 valence electrons. The molecule has 0 aromatic rings. The van der Waals surface area contributed by atoms with Crippen LogP contribution in [-0.2, 0) is 0 Å². The maximum absolute atomic E-state index is 12.2. The van der Waals surface area contributed by atoms with Gasteiger partial charge in [0.1, 0.15) is 0 Å². The van der Waals surface area contributed by atoms with Crippen molar-refractivity contribution in [1.29, 1.82) is 0 Å². The number of hydroxylamine groups is 3. The van der Waals surface area contributed by atoms with Crippen LogP contribution in [0.5, 0.6) is 0 Å². The summed E-state index contributed by atoms with van der Waals surface area (Å²) in [7, 11) is 1.83. The molecule has 0 aliphatic rings. The van der Waals surface area contributed by atoms with Gasteiger partial charge in [-0.1, -0.05) is 24.3 Å². The van der Waals surface area contributed by atoms with Crippen molar-refractivity contribution in [2.75, 3.05) is 20.1 Å². The average Bonchev–Trinajstić information content (AvgIpc) is 2.38. The van der Waals surface area contributed by atoms with E-state index in [1.807, 2.05) is 7.05 Å². The number of quaternary nitrogens is 1. The molecule has 0 N–H and O–H groups in total. The first kappa shape index (κ1) is 18.4. The molecule has 0 radical (unpaired) electrons. The monoisotopic (exact) mass is 267 g/mol. The van der Waals surface area contributed by atoms with Gasteiger partial charge in [-0.3, -0.25) is 0 Å². The summed E-state index contributed by atoms with van der Waals surface area (Å²) in [6, 6.07) is 0. The van der Waals surface area contributed by atoms with Crippen molar-refractivity contribution in [1.82, 2.24) is 0 Å². The predicted molar refractivity (Wildman–Crippen MR) is 85.8 cm³/mol. The molecule has 0 atom stereocenters. The van der Waals surface area contributed by atoms with Crippen LogP contribution in [0.25, 0.3) is 0 Å². The van der Waals surface area contributed by atoms with Crippen molar-refractivity contribution < 1.29 is 4.65 Å². The number of hydrogen-bond acceptors (Lipinski definition) is 1. The highest BCUT2D eigenvalue weighted by Crippen LogP contribution is 2.10. The Morgan fingerprint density at radius 3 is 1.53 bits per heavy atom. The second-order valence-electron chi connectivity index (χ2n) is 5.58. The second-order valence-corrected chi connectivity index (χ2v) is 5.58. The largest absolute Gasteiger partial charge is 0.633 e. The summed E-state index contributed by atoms with van der Waals surface area (Å²) in [6.45, 7) is 5.68. The molecule has 0 spiro atoms. The van der Waals surface area contributed by atoms with Crippen molar-refractivity contribution in [2.45, 2.75) is 65.2 Å². The van der Waals surface area contributed by atoms with Gasteiger partial charge >= 0.3 is 0 Å². The van der Waals surface area contributed by atoms with Crippen molar-refractivity contribution in [3.05, 3.63) is 29.5 Å². The van der Waals surface area contributed by atoms with E-state index in [4.69, 9.17) is 0 Å². The zero-order chi connectivity index (χ0) is 14.4. The molecule has 0 fully saturated rings. The lowest BCUT2D eigenvalue weighted by molar-refractivity contribution is -0.861. The first-order valence-corrected chi connectivity index (χ1v) is 7.90. The highest BCUT2D eigenvalue weighted by atomic mass is 16.5. The Hall–Kier alpha value is -0.600. The zero-order valence-corrected chi connectivity index (χ0v) is 13.2. The maximum Gasteiger partial charge on any atom is 0.0781 e. The summed E-state index contributed by atoms with van der Waals surface area (Å²) in [6.07, 6.45) is 17.8. The molecule has 0 amide bonds. The predicted octanol–water partition coefficient (Wildman–Crippen LogP) is 5.20. The molecule has 2 nitrogen and oxygen atoms in total. The van der Waals surface area contributed by atoms with Crippen LogP contribution in [0.2, 0.25) is 0 Å². The van der Waals surface area contributed by atoms with E-state index in [9.17, 15) is 5.21 Å². The number of rotatable bonds is 12. The molecule has 0 aliphatic carbocycles. The van der Waals surface area contributed by atoms with Crippen molar-refractivity contribution in [3.63, 3.8) is 0 Å². The van der Waals surface area contributed by atoms with Crippen LogP contribution >= 0.6 is 0 Å². The molecular formula is C17H33NO. The van der Waals surface area contributed by atoms with Gasteiger partial charge in [-0.2, -0.15) is 0 Å². The minimum Gasteiger partial charge on any atom is -0.633 e. The number of nitrogens with zero attached hydrogens (tertiary/aromatic N) is 1. The fraction of sp³-hybridized carbons (Fsp3) is 0.765. The summed E-state index contributed by atoms with van der Waals surface area (Å²) in [5.74, 6) is 0. The smallest absolute Gasteiger partial charge is 0.0781 e. The molecule has 0 heterocycles. The number of unbranched alkanes of at least 4 members (excludes halogenated alkanes) is 6. The number of hydrogen-bond donors (Lipinski definition) is 0. The van der Waals surface area contributed by atoms with Crippen LogP contribution in [-0.4, -0.2) is 24.8 Å². The number of allylic oxidation sites excluding steroid dienone is 4. The fourth-order valence-electron chi connectivity index (χ4n) is 2.22. The van der Waals surface area contributed by atoms with Crippen molar-refractivity contribution in [2.24, 2.45) is 0 Å². The Kier molecular flexibility index (Phi) is 12.0. The van der Waals surface area contributed by atoms with E-state index in [0.717, 1.165) is 38.8 Å². The summed E-state index contributed by atoms with van der Waals surface area (Å²) >= 11 is 0. The van der Waals surface area contributed by atoms with Crippen LogP contribution in [0, 0.1) is 5.21 Å². The lowest BCUT2D eigenvalue weighted by Gasteiger charge is -2.38. The molecule has 2 heteroatoms. The third-order valence-electron chi connectivity index (χ3n) is 3.48. The van der Waals surface area contributed by atoms with Gasteiger partial charge in [0.2, 0.25) is 0 Å². The quantitative estimate of drug-likeness (QED) is 0.206. The van der Waals surface area contributed by atoms with Gasteiger partial charge < -0.3 is 9.85 Å². The van der Waals surface area contributed by atoms with Gasteiger partial charge in [-0.25, -0.2) is 0 Å².